The van der Waals surface area contributed by atoms with Gasteiger partial charge in [-0.2, -0.15) is 0 Å². The molecule has 0 aromatic carbocycles. The number of rotatable bonds is 1. The minimum absolute atomic E-state index is 0. The maximum absolute atomic E-state index is 4.15. The Bertz CT molecular complexity index is 192. The average molecular weight is 262 g/mol. The molecule has 0 bridgehead atoms. The first-order valence-corrected chi connectivity index (χ1v) is 3.22. The molecule has 0 atom stereocenters. The lowest BCUT2D eigenvalue weighted by molar-refractivity contribution is 0.981. The Morgan fingerprint density at radius 3 is 2.82 bits per heavy atom. The molecule has 0 fully saturated rings. The van der Waals surface area contributed by atoms with Gasteiger partial charge in [0.05, 0.1) is 0 Å². The molecule has 0 amide bonds. The molecule has 0 aliphatic carbocycles. The van der Waals surface area contributed by atoms with Gasteiger partial charge in [0.25, 0.3) is 0 Å². The molecule has 1 rings (SSSR count). The van der Waals surface area contributed by atoms with Crippen LogP contribution < -0.4 is 0 Å². The number of aliphatic imine (C=N–C) groups is 2. The Morgan fingerprint density at radius 2 is 2.36 bits per heavy atom. The van der Waals surface area contributed by atoms with Crippen LogP contribution in [0.1, 0.15) is 6.42 Å². The minimum Gasteiger partial charge on any atom is -0.266 e. The zero-order valence-electron chi connectivity index (χ0n) is 6.29. The third-order valence-corrected chi connectivity index (χ3v) is 1.38. The van der Waals surface area contributed by atoms with Gasteiger partial charge in [-0.1, -0.05) is 18.7 Å². The summed E-state index contributed by atoms with van der Waals surface area (Å²) in [5.74, 6) is 0.723. The zero-order valence-corrected chi connectivity index (χ0v) is 8.62. The maximum atomic E-state index is 4.15. The van der Waals surface area contributed by atoms with E-state index in [1.807, 2.05) is 0 Å². The molecule has 60 valence electrons. The third-order valence-electron chi connectivity index (χ3n) is 1.38. The molecule has 0 unspecified atom stereocenters. The van der Waals surface area contributed by atoms with Crippen LogP contribution in [0.5, 0.6) is 0 Å². The SMILES string of the molecule is C=CC1=CCCN=C1N=C.I. The highest BCUT2D eigenvalue weighted by Gasteiger charge is 2.03. The average Bonchev–Trinajstić information content (AvgIpc) is 2.04. The van der Waals surface area contributed by atoms with Gasteiger partial charge in [0.2, 0.25) is 0 Å². The normalized spacial score (nSPS) is 15.6. The Balaban J connectivity index is 0.000001000. The van der Waals surface area contributed by atoms with Gasteiger partial charge in [-0.15, -0.1) is 24.0 Å². The molecule has 2 nitrogen and oxygen atoms in total. The summed E-state index contributed by atoms with van der Waals surface area (Å²) in [4.78, 5) is 7.91. The van der Waals surface area contributed by atoms with E-state index in [2.05, 4.69) is 29.4 Å². The van der Waals surface area contributed by atoms with Gasteiger partial charge in [0, 0.05) is 12.1 Å². The van der Waals surface area contributed by atoms with Gasteiger partial charge in [0.1, 0.15) is 0 Å². The molecule has 3 heteroatoms. The summed E-state index contributed by atoms with van der Waals surface area (Å²) in [5, 5.41) is 0. The van der Waals surface area contributed by atoms with Crippen molar-refractivity contribution in [3.8, 4) is 0 Å². The van der Waals surface area contributed by atoms with E-state index in [0.717, 1.165) is 24.4 Å². The lowest BCUT2D eigenvalue weighted by Crippen LogP contribution is -2.02. The lowest BCUT2D eigenvalue weighted by Gasteiger charge is -2.05. The fraction of sp³-hybridized carbons (Fsp3) is 0.250. The second-order valence-corrected chi connectivity index (χ2v) is 2.02. The van der Waals surface area contributed by atoms with E-state index < -0.39 is 0 Å². The summed E-state index contributed by atoms with van der Waals surface area (Å²) in [5.41, 5.74) is 1.00. The summed E-state index contributed by atoms with van der Waals surface area (Å²) in [6.07, 6.45) is 4.82. The van der Waals surface area contributed by atoms with Crippen molar-refractivity contribution >= 4 is 36.5 Å². The maximum Gasteiger partial charge on any atom is 0.153 e. The highest BCUT2D eigenvalue weighted by Crippen LogP contribution is 2.08. The number of hydrogen-bond acceptors (Lipinski definition) is 2. The van der Waals surface area contributed by atoms with Crippen LogP contribution in [-0.4, -0.2) is 19.1 Å². The summed E-state index contributed by atoms with van der Waals surface area (Å²) >= 11 is 0. The first kappa shape index (κ1) is 10.6. The summed E-state index contributed by atoms with van der Waals surface area (Å²) < 4.78 is 0. The molecule has 0 saturated heterocycles. The standard InChI is InChI=1S/C8H10N2.HI/c1-3-7-5-4-6-10-8(7)9-2;/h3,5H,1-2,4,6H2;1H. The van der Waals surface area contributed by atoms with Crippen LogP contribution in [0.25, 0.3) is 0 Å². The molecular weight excluding hydrogens is 251 g/mol. The lowest BCUT2D eigenvalue weighted by atomic mass is 10.1. The second-order valence-electron chi connectivity index (χ2n) is 2.02. The van der Waals surface area contributed by atoms with E-state index in [9.17, 15) is 0 Å². The van der Waals surface area contributed by atoms with Crippen molar-refractivity contribution in [2.45, 2.75) is 6.42 Å². The van der Waals surface area contributed by atoms with Crippen molar-refractivity contribution in [1.29, 1.82) is 0 Å². The summed E-state index contributed by atoms with van der Waals surface area (Å²) in [6, 6.07) is 0. The zero-order chi connectivity index (χ0) is 7.40. The second kappa shape index (κ2) is 5.23. The van der Waals surface area contributed by atoms with E-state index >= 15 is 0 Å². The Morgan fingerprint density at radius 1 is 1.64 bits per heavy atom. The molecule has 1 aliphatic heterocycles. The molecule has 1 heterocycles. The quantitative estimate of drug-likeness (QED) is 0.511. The summed E-state index contributed by atoms with van der Waals surface area (Å²) in [6.45, 7) is 7.88. The van der Waals surface area contributed by atoms with Gasteiger partial charge < -0.3 is 0 Å². The molecular formula is C8H11IN2. The van der Waals surface area contributed by atoms with E-state index in [0.29, 0.717) is 0 Å². The highest BCUT2D eigenvalue weighted by atomic mass is 127. The van der Waals surface area contributed by atoms with Crippen LogP contribution in [0.4, 0.5) is 0 Å². The van der Waals surface area contributed by atoms with Crippen LogP contribution >= 0.6 is 24.0 Å². The van der Waals surface area contributed by atoms with Gasteiger partial charge in [-0.3, -0.25) is 4.99 Å². The third kappa shape index (κ3) is 2.57. The van der Waals surface area contributed by atoms with E-state index in [1.54, 1.807) is 6.08 Å². The van der Waals surface area contributed by atoms with Crippen LogP contribution in [0.3, 0.4) is 0 Å². The molecule has 11 heavy (non-hydrogen) atoms. The smallest absolute Gasteiger partial charge is 0.153 e. The monoisotopic (exact) mass is 262 g/mol. The number of hydrogen-bond donors (Lipinski definition) is 0. The van der Waals surface area contributed by atoms with Gasteiger partial charge in [-0.05, 0) is 13.1 Å². The molecule has 0 radical (unpaired) electrons. The molecule has 1 aliphatic rings. The fourth-order valence-corrected chi connectivity index (χ4v) is 0.889. The van der Waals surface area contributed by atoms with Gasteiger partial charge in [-0.25, -0.2) is 4.99 Å². The molecule has 0 aromatic heterocycles. The summed E-state index contributed by atoms with van der Waals surface area (Å²) in [7, 11) is 0. The van der Waals surface area contributed by atoms with Gasteiger partial charge >= 0.3 is 0 Å². The van der Waals surface area contributed by atoms with Crippen molar-refractivity contribution < 1.29 is 0 Å². The molecule has 0 saturated carbocycles. The highest BCUT2D eigenvalue weighted by molar-refractivity contribution is 14.0. The van der Waals surface area contributed by atoms with Gasteiger partial charge in [0.15, 0.2) is 5.84 Å². The van der Waals surface area contributed by atoms with Crippen molar-refractivity contribution in [3.63, 3.8) is 0 Å². The Kier molecular flexibility index (Phi) is 5.02. The topological polar surface area (TPSA) is 24.7 Å². The largest absolute Gasteiger partial charge is 0.266 e. The Labute approximate surface area is 83.8 Å². The van der Waals surface area contributed by atoms with Crippen molar-refractivity contribution in [2.75, 3.05) is 6.54 Å². The van der Waals surface area contributed by atoms with Crippen LogP contribution in [0.2, 0.25) is 0 Å². The molecule has 0 spiro atoms. The molecule has 0 aromatic rings. The number of amidine groups is 1. The molecule has 0 N–H and O–H groups in total. The number of dihydropyridines is 1. The first-order chi connectivity index (χ1) is 4.88. The minimum atomic E-state index is 0. The van der Waals surface area contributed by atoms with Crippen molar-refractivity contribution in [2.24, 2.45) is 9.98 Å². The predicted octanol–water partition coefficient (Wildman–Crippen LogP) is 2.22. The predicted molar refractivity (Wildman–Crippen MR) is 60.2 cm³/mol. The first-order valence-electron chi connectivity index (χ1n) is 3.22. The number of nitrogens with zero attached hydrogens (tertiary/aromatic N) is 2. The van der Waals surface area contributed by atoms with Crippen LogP contribution in [-0.2, 0) is 0 Å². The fourth-order valence-electron chi connectivity index (χ4n) is 0.889. The van der Waals surface area contributed by atoms with Crippen molar-refractivity contribution in [1.82, 2.24) is 0 Å². The Hall–Kier alpha value is -0.450. The van der Waals surface area contributed by atoms with E-state index in [4.69, 9.17) is 0 Å². The van der Waals surface area contributed by atoms with Crippen LogP contribution in [0.15, 0.2) is 34.3 Å². The van der Waals surface area contributed by atoms with Crippen LogP contribution in [0, 0.1) is 0 Å². The van der Waals surface area contributed by atoms with E-state index in [1.165, 1.54) is 0 Å². The van der Waals surface area contributed by atoms with Crippen molar-refractivity contribution in [3.05, 3.63) is 24.3 Å². The van der Waals surface area contributed by atoms with E-state index in [-0.39, 0.29) is 24.0 Å². The number of halogens is 1.